The summed E-state index contributed by atoms with van der Waals surface area (Å²) in [6, 6.07) is 0. The standard InChI is InChI=1S/C10H14N4O7/c1-2-3-9(16)21-6-7(15)4-12-5-8(13(17)18)11-10(12)14(19)20/h5,7,15H,2-4,6H2,1H3. The summed E-state index contributed by atoms with van der Waals surface area (Å²) in [5.41, 5.74) is 0. The summed E-state index contributed by atoms with van der Waals surface area (Å²) < 4.78 is 5.57. The first-order valence-electron chi connectivity index (χ1n) is 6.04. The number of rotatable bonds is 8. The molecule has 0 radical (unpaired) electrons. The quantitative estimate of drug-likeness (QED) is 0.411. The molecule has 116 valence electrons. The van der Waals surface area contributed by atoms with Crippen LogP contribution in [-0.2, 0) is 16.1 Å². The van der Waals surface area contributed by atoms with Gasteiger partial charge in [-0.25, -0.2) is 4.57 Å². The molecule has 0 saturated carbocycles. The Hall–Kier alpha value is -2.56. The third-order valence-electron chi connectivity index (χ3n) is 2.39. The molecule has 1 unspecified atom stereocenters. The minimum atomic E-state index is -1.24. The third-order valence-corrected chi connectivity index (χ3v) is 2.39. The summed E-state index contributed by atoms with van der Waals surface area (Å²) in [5.74, 6) is -1.96. The SMILES string of the molecule is CCCC(=O)OCC(O)Cn1cc([N+](=O)[O-])nc1[N+](=O)[O-]. The molecule has 1 N–H and O–H groups in total. The highest BCUT2D eigenvalue weighted by molar-refractivity contribution is 5.69. The highest BCUT2D eigenvalue weighted by Gasteiger charge is 2.25. The van der Waals surface area contributed by atoms with Gasteiger partial charge in [-0.15, -0.1) is 0 Å². The average Bonchev–Trinajstić information content (AvgIpc) is 2.81. The Morgan fingerprint density at radius 1 is 1.48 bits per heavy atom. The van der Waals surface area contributed by atoms with E-state index in [-0.39, 0.29) is 19.6 Å². The molecular weight excluding hydrogens is 288 g/mol. The van der Waals surface area contributed by atoms with Crippen LogP contribution in [-0.4, -0.2) is 43.2 Å². The number of aromatic nitrogens is 2. The predicted octanol–water partition coefficient (Wildman–Crippen LogP) is 0.404. The molecule has 11 nitrogen and oxygen atoms in total. The van der Waals surface area contributed by atoms with E-state index in [1.54, 1.807) is 6.92 Å². The number of imidazole rings is 1. The number of carbonyl (C=O) groups excluding carboxylic acids is 1. The minimum absolute atomic E-state index is 0.198. The second-order valence-corrected chi connectivity index (χ2v) is 4.15. The molecule has 0 bridgehead atoms. The third kappa shape index (κ3) is 4.80. The first-order chi connectivity index (χ1) is 9.85. The number of esters is 1. The van der Waals surface area contributed by atoms with Crippen LogP contribution >= 0.6 is 0 Å². The number of ether oxygens (including phenoxy) is 1. The Morgan fingerprint density at radius 3 is 2.67 bits per heavy atom. The van der Waals surface area contributed by atoms with Crippen molar-refractivity contribution >= 4 is 17.7 Å². The van der Waals surface area contributed by atoms with Crippen LogP contribution < -0.4 is 0 Å². The first kappa shape index (κ1) is 16.5. The molecule has 21 heavy (non-hydrogen) atoms. The van der Waals surface area contributed by atoms with Crippen molar-refractivity contribution in [1.29, 1.82) is 0 Å². The lowest BCUT2D eigenvalue weighted by atomic mass is 10.3. The van der Waals surface area contributed by atoms with Gasteiger partial charge in [0.25, 0.3) is 0 Å². The van der Waals surface area contributed by atoms with Crippen molar-refractivity contribution in [3.05, 3.63) is 26.4 Å². The Morgan fingerprint density at radius 2 is 2.14 bits per heavy atom. The minimum Gasteiger partial charge on any atom is -0.463 e. The number of nitrogens with zero attached hydrogens (tertiary/aromatic N) is 4. The van der Waals surface area contributed by atoms with E-state index in [0.717, 1.165) is 10.8 Å². The molecule has 1 aromatic rings. The fourth-order valence-corrected chi connectivity index (χ4v) is 1.51. The summed E-state index contributed by atoms with van der Waals surface area (Å²) in [5, 5.41) is 30.9. The number of aliphatic hydroxyl groups is 1. The highest BCUT2D eigenvalue weighted by atomic mass is 16.6. The molecule has 1 atom stereocenters. The van der Waals surface area contributed by atoms with Gasteiger partial charge < -0.3 is 30.1 Å². The van der Waals surface area contributed by atoms with E-state index in [0.29, 0.717) is 6.42 Å². The number of hydrogen-bond acceptors (Lipinski definition) is 8. The van der Waals surface area contributed by atoms with E-state index in [2.05, 4.69) is 4.98 Å². The zero-order valence-electron chi connectivity index (χ0n) is 11.2. The van der Waals surface area contributed by atoms with Gasteiger partial charge in [-0.3, -0.25) is 4.79 Å². The van der Waals surface area contributed by atoms with Crippen molar-refractivity contribution in [1.82, 2.24) is 9.55 Å². The number of carbonyl (C=O) groups is 1. The van der Waals surface area contributed by atoms with E-state index in [1.165, 1.54) is 0 Å². The number of aliphatic hydroxyl groups excluding tert-OH is 1. The second-order valence-electron chi connectivity index (χ2n) is 4.15. The van der Waals surface area contributed by atoms with Gasteiger partial charge in [0.2, 0.25) is 0 Å². The van der Waals surface area contributed by atoms with Gasteiger partial charge in [0.05, 0.1) is 0 Å². The summed E-state index contributed by atoms with van der Waals surface area (Å²) in [6.45, 7) is 1.07. The summed E-state index contributed by atoms with van der Waals surface area (Å²) in [4.78, 5) is 33.8. The van der Waals surface area contributed by atoms with E-state index in [4.69, 9.17) is 4.74 Å². The van der Waals surface area contributed by atoms with Crippen molar-refractivity contribution in [3.8, 4) is 0 Å². The van der Waals surface area contributed by atoms with E-state index < -0.39 is 33.7 Å². The predicted molar refractivity (Wildman–Crippen MR) is 67.4 cm³/mol. The first-order valence-corrected chi connectivity index (χ1v) is 6.04. The molecule has 1 aromatic heterocycles. The Balaban J connectivity index is 2.70. The zero-order chi connectivity index (χ0) is 16.0. The Labute approximate surface area is 118 Å². The summed E-state index contributed by atoms with van der Waals surface area (Å²) >= 11 is 0. The highest BCUT2D eigenvalue weighted by Crippen LogP contribution is 2.17. The fourth-order valence-electron chi connectivity index (χ4n) is 1.51. The largest absolute Gasteiger partial charge is 0.463 e. The van der Waals surface area contributed by atoms with Crippen LogP contribution in [0.3, 0.4) is 0 Å². The molecule has 0 amide bonds. The van der Waals surface area contributed by atoms with Crippen LogP contribution in [0.5, 0.6) is 0 Å². The maximum atomic E-state index is 11.1. The molecule has 1 heterocycles. The van der Waals surface area contributed by atoms with Crippen LogP contribution in [0.2, 0.25) is 0 Å². The molecular formula is C10H14N4O7. The smallest absolute Gasteiger partial charge is 0.439 e. The number of nitro groups is 2. The topological polar surface area (TPSA) is 151 Å². The Bertz CT molecular complexity index is 542. The van der Waals surface area contributed by atoms with Crippen molar-refractivity contribution in [2.75, 3.05) is 6.61 Å². The second kappa shape index (κ2) is 7.28. The molecule has 0 saturated heterocycles. The van der Waals surface area contributed by atoms with Crippen molar-refractivity contribution in [2.24, 2.45) is 0 Å². The molecule has 1 rings (SSSR count). The van der Waals surface area contributed by atoms with Crippen LogP contribution in [0.25, 0.3) is 0 Å². The molecule has 0 fully saturated rings. The van der Waals surface area contributed by atoms with Gasteiger partial charge in [-0.2, -0.15) is 0 Å². The molecule has 0 spiro atoms. The molecule has 11 heteroatoms. The van der Waals surface area contributed by atoms with Gasteiger partial charge in [0.15, 0.2) is 6.20 Å². The van der Waals surface area contributed by atoms with Crippen LogP contribution in [0, 0.1) is 20.2 Å². The normalized spacial score (nSPS) is 11.9. The lowest BCUT2D eigenvalue weighted by Crippen LogP contribution is -2.24. The zero-order valence-corrected chi connectivity index (χ0v) is 11.2. The van der Waals surface area contributed by atoms with Crippen molar-refractivity contribution in [2.45, 2.75) is 32.4 Å². The lowest BCUT2D eigenvalue weighted by molar-refractivity contribution is -0.403. The van der Waals surface area contributed by atoms with Crippen molar-refractivity contribution < 1.29 is 24.5 Å². The molecule has 0 aromatic carbocycles. The molecule has 0 aliphatic rings. The average molecular weight is 302 g/mol. The van der Waals surface area contributed by atoms with E-state index in [1.807, 2.05) is 0 Å². The van der Waals surface area contributed by atoms with Crippen LogP contribution in [0.4, 0.5) is 11.8 Å². The lowest BCUT2D eigenvalue weighted by Gasteiger charge is -2.10. The van der Waals surface area contributed by atoms with Gasteiger partial charge in [-0.05, 0) is 21.3 Å². The van der Waals surface area contributed by atoms with Gasteiger partial charge in [0.1, 0.15) is 19.3 Å². The molecule has 0 aliphatic carbocycles. The summed E-state index contributed by atoms with van der Waals surface area (Å²) in [6.07, 6.45) is 0.394. The van der Waals surface area contributed by atoms with Gasteiger partial charge >= 0.3 is 17.7 Å². The maximum Gasteiger partial charge on any atom is 0.439 e. The van der Waals surface area contributed by atoms with Crippen LogP contribution in [0.15, 0.2) is 6.20 Å². The maximum absolute atomic E-state index is 11.1. The monoisotopic (exact) mass is 302 g/mol. The van der Waals surface area contributed by atoms with Crippen molar-refractivity contribution in [3.63, 3.8) is 0 Å². The summed E-state index contributed by atoms with van der Waals surface area (Å²) in [7, 11) is 0. The van der Waals surface area contributed by atoms with E-state index >= 15 is 0 Å². The Kier molecular flexibility index (Phi) is 5.72. The van der Waals surface area contributed by atoms with E-state index in [9.17, 15) is 30.1 Å². The van der Waals surface area contributed by atoms with Gasteiger partial charge in [0, 0.05) is 6.42 Å². The fraction of sp³-hybridized carbons (Fsp3) is 0.600. The van der Waals surface area contributed by atoms with Crippen LogP contribution in [0.1, 0.15) is 19.8 Å². The molecule has 0 aliphatic heterocycles. The number of hydrogen-bond donors (Lipinski definition) is 1. The van der Waals surface area contributed by atoms with Gasteiger partial charge in [-0.1, -0.05) is 6.92 Å².